The van der Waals surface area contributed by atoms with Gasteiger partial charge in [-0.1, -0.05) is 30.3 Å². The zero-order chi connectivity index (χ0) is 27.5. The van der Waals surface area contributed by atoms with Crippen LogP contribution in [0.3, 0.4) is 0 Å². The van der Waals surface area contributed by atoms with E-state index in [-0.39, 0.29) is 18.7 Å². The zero-order valence-corrected chi connectivity index (χ0v) is 21.2. The molecule has 8 heteroatoms. The molecule has 0 saturated heterocycles. The summed E-state index contributed by atoms with van der Waals surface area (Å²) in [6.07, 6.45) is 3.59. The molecule has 2 aromatic heterocycles. The first-order chi connectivity index (χ1) is 18.8. The van der Waals surface area contributed by atoms with Crippen molar-refractivity contribution in [1.82, 2.24) is 15.3 Å². The van der Waals surface area contributed by atoms with Gasteiger partial charge in [-0.05, 0) is 72.0 Å². The Kier molecular flexibility index (Phi) is 7.19. The number of fused-ring (bicyclic) bond motifs is 1. The molecule has 4 N–H and O–H groups in total. The van der Waals surface area contributed by atoms with Gasteiger partial charge in [-0.3, -0.25) is 14.6 Å². The number of nitrogens with two attached hydrogens (primary N) is 1. The van der Waals surface area contributed by atoms with Crippen molar-refractivity contribution in [1.29, 1.82) is 0 Å². The fraction of sp³-hybridized carbons (Fsp3) is 0.129. The number of primary amides is 1. The second-order valence-electron chi connectivity index (χ2n) is 9.47. The van der Waals surface area contributed by atoms with Gasteiger partial charge in [0.1, 0.15) is 11.6 Å². The van der Waals surface area contributed by atoms with Gasteiger partial charge in [0.2, 0.25) is 11.8 Å². The molecule has 2 heterocycles. The molecule has 0 fully saturated rings. The fourth-order valence-corrected chi connectivity index (χ4v) is 4.97. The highest BCUT2D eigenvalue weighted by molar-refractivity contribution is 5.94. The maximum absolute atomic E-state index is 14.1. The number of pyridine rings is 1. The maximum atomic E-state index is 14.1. The SMILES string of the molecule is Cc1cccc2[nH]cc(CC(=O)N[C@@H](Cc3cc(F)cc(F)c3)c3ncccc3-c3cccc(C(N)=O)c3)c12. The first kappa shape index (κ1) is 25.8. The van der Waals surface area contributed by atoms with Gasteiger partial charge in [-0.2, -0.15) is 0 Å². The number of H-pyrrole nitrogens is 1. The van der Waals surface area contributed by atoms with Crippen molar-refractivity contribution in [2.24, 2.45) is 5.73 Å². The molecule has 1 atom stereocenters. The van der Waals surface area contributed by atoms with E-state index in [9.17, 15) is 18.4 Å². The lowest BCUT2D eigenvalue weighted by Gasteiger charge is -2.22. The number of aromatic amines is 1. The summed E-state index contributed by atoms with van der Waals surface area (Å²) in [5.74, 6) is -2.26. The summed E-state index contributed by atoms with van der Waals surface area (Å²) in [6.45, 7) is 1.99. The second-order valence-corrected chi connectivity index (χ2v) is 9.47. The summed E-state index contributed by atoms with van der Waals surface area (Å²) in [5, 5.41) is 4.02. The number of carbonyl (C=O) groups excluding carboxylic acids is 2. The highest BCUT2D eigenvalue weighted by Crippen LogP contribution is 2.30. The van der Waals surface area contributed by atoms with Crippen LogP contribution in [0.25, 0.3) is 22.0 Å². The highest BCUT2D eigenvalue weighted by atomic mass is 19.1. The Balaban J connectivity index is 1.52. The topological polar surface area (TPSA) is 101 Å². The van der Waals surface area contributed by atoms with Crippen LogP contribution in [0.2, 0.25) is 0 Å². The maximum Gasteiger partial charge on any atom is 0.248 e. The number of aryl methyl sites for hydroxylation is 1. The molecule has 2 amide bonds. The number of hydrogen-bond donors (Lipinski definition) is 3. The molecule has 0 spiro atoms. The number of carbonyl (C=O) groups is 2. The van der Waals surface area contributed by atoms with Gasteiger partial charge in [-0.25, -0.2) is 8.78 Å². The number of benzene rings is 3. The van der Waals surface area contributed by atoms with E-state index in [0.717, 1.165) is 28.1 Å². The third-order valence-corrected chi connectivity index (χ3v) is 6.67. The normalized spacial score (nSPS) is 11.9. The quantitative estimate of drug-likeness (QED) is 0.248. The Morgan fingerprint density at radius 2 is 1.77 bits per heavy atom. The highest BCUT2D eigenvalue weighted by Gasteiger charge is 2.22. The van der Waals surface area contributed by atoms with E-state index in [1.54, 1.807) is 30.5 Å². The van der Waals surface area contributed by atoms with Crippen molar-refractivity contribution in [2.45, 2.75) is 25.8 Å². The standard InChI is InChI=1S/C31H26F2N4O2/c1-18-5-2-9-26-29(18)22(17-36-26)15-28(38)37-27(13-19-11-23(32)16-24(33)12-19)30-25(8-4-10-35-30)20-6-3-7-21(14-20)31(34)39/h2-12,14,16-17,27,36H,13,15H2,1H3,(H2,34,39)(H,37,38)/t27-/m0/s1. The van der Waals surface area contributed by atoms with Gasteiger partial charge >= 0.3 is 0 Å². The van der Waals surface area contributed by atoms with Crippen LogP contribution in [-0.4, -0.2) is 21.8 Å². The summed E-state index contributed by atoms with van der Waals surface area (Å²) in [5.41, 5.74) is 10.8. The van der Waals surface area contributed by atoms with E-state index in [4.69, 9.17) is 5.73 Å². The predicted octanol–water partition coefficient (Wildman–Crippen LogP) is 5.56. The van der Waals surface area contributed by atoms with Crippen LogP contribution < -0.4 is 11.1 Å². The van der Waals surface area contributed by atoms with Gasteiger partial charge in [0.05, 0.1) is 18.2 Å². The van der Waals surface area contributed by atoms with Crippen LogP contribution in [0.15, 0.2) is 85.2 Å². The van der Waals surface area contributed by atoms with E-state index < -0.39 is 23.6 Å². The third-order valence-electron chi connectivity index (χ3n) is 6.67. The summed E-state index contributed by atoms with van der Waals surface area (Å²) in [7, 11) is 0. The van der Waals surface area contributed by atoms with Crippen molar-refractivity contribution in [3.05, 3.63) is 125 Å². The summed E-state index contributed by atoms with van der Waals surface area (Å²) >= 11 is 0. The van der Waals surface area contributed by atoms with E-state index in [1.807, 2.05) is 43.5 Å². The Morgan fingerprint density at radius 3 is 2.54 bits per heavy atom. The van der Waals surface area contributed by atoms with Crippen LogP contribution in [0.1, 0.15) is 38.8 Å². The number of nitrogens with zero attached hydrogens (tertiary/aromatic N) is 1. The van der Waals surface area contributed by atoms with Crippen molar-refractivity contribution in [3.8, 4) is 11.1 Å². The lowest BCUT2D eigenvalue weighted by atomic mass is 9.94. The van der Waals surface area contributed by atoms with Crippen LogP contribution >= 0.6 is 0 Å². The molecule has 39 heavy (non-hydrogen) atoms. The van der Waals surface area contributed by atoms with Crippen LogP contribution in [0.4, 0.5) is 8.78 Å². The number of amides is 2. The monoisotopic (exact) mass is 524 g/mol. The fourth-order valence-electron chi connectivity index (χ4n) is 4.97. The van der Waals surface area contributed by atoms with Gasteiger partial charge in [0, 0.05) is 40.5 Å². The number of aromatic nitrogens is 2. The summed E-state index contributed by atoms with van der Waals surface area (Å²) < 4.78 is 28.1. The zero-order valence-electron chi connectivity index (χ0n) is 21.2. The Hall–Kier alpha value is -4.85. The third kappa shape index (κ3) is 5.70. The Bertz CT molecular complexity index is 1680. The summed E-state index contributed by atoms with van der Waals surface area (Å²) in [4.78, 5) is 33.0. The molecule has 6 nitrogen and oxygen atoms in total. The Labute approximate surface area is 223 Å². The van der Waals surface area contributed by atoms with Crippen molar-refractivity contribution < 1.29 is 18.4 Å². The molecule has 5 aromatic rings. The molecule has 0 aliphatic heterocycles. The lowest BCUT2D eigenvalue weighted by molar-refractivity contribution is -0.121. The van der Waals surface area contributed by atoms with Crippen LogP contribution in [-0.2, 0) is 17.6 Å². The second kappa shape index (κ2) is 10.9. The van der Waals surface area contributed by atoms with E-state index in [2.05, 4.69) is 15.3 Å². The average Bonchev–Trinajstić information content (AvgIpc) is 3.31. The van der Waals surface area contributed by atoms with E-state index in [1.165, 1.54) is 12.1 Å². The molecule has 0 unspecified atom stereocenters. The average molecular weight is 525 g/mol. The predicted molar refractivity (Wildman–Crippen MR) is 146 cm³/mol. The molecule has 0 aliphatic rings. The van der Waals surface area contributed by atoms with Gasteiger partial charge in [-0.15, -0.1) is 0 Å². The number of halogens is 2. The van der Waals surface area contributed by atoms with E-state index >= 15 is 0 Å². The molecular weight excluding hydrogens is 498 g/mol. The minimum atomic E-state index is -0.724. The first-order valence-electron chi connectivity index (χ1n) is 12.4. The minimum absolute atomic E-state index is 0.0901. The minimum Gasteiger partial charge on any atom is -0.366 e. The summed E-state index contributed by atoms with van der Waals surface area (Å²) in [6, 6.07) is 18.8. The van der Waals surface area contributed by atoms with E-state index in [0.29, 0.717) is 27.9 Å². The molecule has 3 aromatic carbocycles. The molecule has 5 rings (SSSR count). The van der Waals surface area contributed by atoms with Gasteiger partial charge in [0.25, 0.3) is 0 Å². The Morgan fingerprint density at radius 1 is 1.00 bits per heavy atom. The van der Waals surface area contributed by atoms with Crippen molar-refractivity contribution in [3.63, 3.8) is 0 Å². The molecule has 0 saturated carbocycles. The largest absolute Gasteiger partial charge is 0.366 e. The molecule has 196 valence electrons. The van der Waals surface area contributed by atoms with Crippen molar-refractivity contribution >= 4 is 22.7 Å². The number of nitrogens with one attached hydrogen (secondary N) is 2. The van der Waals surface area contributed by atoms with Gasteiger partial charge < -0.3 is 16.0 Å². The number of hydrogen-bond acceptors (Lipinski definition) is 3. The lowest BCUT2D eigenvalue weighted by Crippen LogP contribution is -2.32. The first-order valence-corrected chi connectivity index (χ1v) is 12.4. The number of rotatable bonds is 8. The van der Waals surface area contributed by atoms with Crippen molar-refractivity contribution in [2.75, 3.05) is 0 Å². The molecule has 0 radical (unpaired) electrons. The van der Waals surface area contributed by atoms with Gasteiger partial charge in [0.15, 0.2) is 0 Å². The smallest absolute Gasteiger partial charge is 0.248 e. The van der Waals surface area contributed by atoms with Crippen LogP contribution in [0, 0.1) is 18.6 Å². The van der Waals surface area contributed by atoms with Crippen LogP contribution in [0.5, 0.6) is 0 Å². The molecule has 0 aliphatic carbocycles. The molecular formula is C31H26F2N4O2. The molecule has 0 bridgehead atoms.